The van der Waals surface area contributed by atoms with Gasteiger partial charge in [0.15, 0.2) is 0 Å². The summed E-state index contributed by atoms with van der Waals surface area (Å²) >= 11 is 12.0. The molecule has 4 heteroatoms. The molecule has 0 aliphatic carbocycles. The first-order valence-electron chi connectivity index (χ1n) is 4.71. The molecule has 0 saturated heterocycles. The Morgan fingerprint density at radius 1 is 1.27 bits per heavy atom. The SMILES string of the molecule is COc1c(Cl)cc(Cl)cc1CCN(C)C. The molecule has 0 N–H and O–H groups in total. The molecular formula is C11H15Cl2NO. The second-order valence-corrected chi connectivity index (χ2v) is 4.48. The van der Waals surface area contributed by atoms with Crippen LogP contribution in [-0.2, 0) is 6.42 Å². The van der Waals surface area contributed by atoms with Crippen LogP contribution in [0, 0.1) is 0 Å². The fraction of sp³-hybridized carbons (Fsp3) is 0.455. The maximum Gasteiger partial charge on any atom is 0.140 e. The predicted octanol–water partition coefficient (Wildman–Crippen LogP) is 3.11. The summed E-state index contributed by atoms with van der Waals surface area (Å²) in [5.41, 5.74) is 1.05. The van der Waals surface area contributed by atoms with Gasteiger partial charge in [0.05, 0.1) is 12.1 Å². The van der Waals surface area contributed by atoms with Crippen molar-refractivity contribution in [3.63, 3.8) is 0 Å². The summed E-state index contributed by atoms with van der Waals surface area (Å²) in [6, 6.07) is 3.59. The molecule has 0 saturated carbocycles. The van der Waals surface area contributed by atoms with Gasteiger partial charge < -0.3 is 9.64 Å². The lowest BCUT2D eigenvalue weighted by Crippen LogP contribution is -2.15. The van der Waals surface area contributed by atoms with Crippen LogP contribution in [0.1, 0.15) is 5.56 Å². The van der Waals surface area contributed by atoms with Gasteiger partial charge in [0.25, 0.3) is 0 Å². The van der Waals surface area contributed by atoms with E-state index in [9.17, 15) is 0 Å². The molecule has 1 rings (SSSR count). The van der Waals surface area contributed by atoms with E-state index in [0.29, 0.717) is 10.0 Å². The van der Waals surface area contributed by atoms with Crippen LogP contribution in [-0.4, -0.2) is 32.6 Å². The molecule has 0 radical (unpaired) electrons. The van der Waals surface area contributed by atoms with E-state index in [1.54, 1.807) is 13.2 Å². The van der Waals surface area contributed by atoms with Crippen molar-refractivity contribution in [3.05, 3.63) is 27.7 Å². The third-order valence-electron chi connectivity index (χ3n) is 2.12. The molecular weight excluding hydrogens is 233 g/mol. The zero-order chi connectivity index (χ0) is 11.4. The molecule has 0 fully saturated rings. The first-order valence-corrected chi connectivity index (χ1v) is 5.47. The van der Waals surface area contributed by atoms with Gasteiger partial charge >= 0.3 is 0 Å². The minimum absolute atomic E-state index is 0.568. The molecule has 0 amide bonds. The highest BCUT2D eigenvalue weighted by molar-refractivity contribution is 6.35. The van der Waals surface area contributed by atoms with Crippen molar-refractivity contribution in [2.75, 3.05) is 27.7 Å². The maximum absolute atomic E-state index is 6.03. The minimum atomic E-state index is 0.568. The van der Waals surface area contributed by atoms with Crippen LogP contribution in [0.2, 0.25) is 10.0 Å². The monoisotopic (exact) mass is 247 g/mol. The van der Waals surface area contributed by atoms with E-state index in [4.69, 9.17) is 27.9 Å². The van der Waals surface area contributed by atoms with Crippen molar-refractivity contribution in [1.29, 1.82) is 0 Å². The Bertz CT molecular complexity index is 340. The Hall–Kier alpha value is -0.440. The van der Waals surface area contributed by atoms with Gasteiger partial charge in [-0.15, -0.1) is 0 Å². The summed E-state index contributed by atoms with van der Waals surface area (Å²) in [7, 11) is 5.67. The summed E-state index contributed by atoms with van der Waals surface area (Å²) in [4.78, 5) is 2.11. The molecule has 0 spiro atoms. The lowest BCUT2D eigenvalue weighted by atomic mass is 10.1. The van der Waals surface area contributed by atoms with Crippen LogP contribution in [0.5, 0.6) is 5.75 Å². The van der Waals surface area contributed by atoms with Crippen LogP contribution in [0.25, 0.3) is 0 Å². The second kappa shape index (κ2) is 5.59. The molecule has 0 aliphatic rings. The van der Waals surface area contributed by atoms with E-state index in [1.807, 2.05) is 20.2 Å². The van der Waals surface area contributed by atoms with Gasteiger partial charge in [0, 0.05) is 11.6 Å². The van der Waals surface area contributed by atoms with Crippen molar-refractivity contribution in [2.24, 2.45) is 0 Å². The summed E-state index contributed by atoms with van der Waals surface area (Å²) in [6.45, 7) is 0.938. The smallest absolute Gasteiger partial charge is 0.140 e. The van der Waals surface area contributed by atoms with Crippen molar-refractivity contribution in [3.8, 4) is 5.75 Å². The Labute approximate surface area is 101 Å². The van der Waals surface area contributed by atoms with Crippen LogP contribution in [0.4, 0.5) is 0 Å². The molecule has 1 aromatic carbocycles. The lowest BCUT2D eigenvalue weighted by molar-refractivity contribution is 0.392. The average Bonchev–Trinajstić information content (AvgIpc) is 2.13. The van der Waals surface area contributed by atoms with Gasteiger partial charge in [-0.1, -0.05) is 23.2 Å². The normalized spacial score (nSPS) is 10.8. The Kier molecular flexibility index (Phi) is 4.71. The highest BCUT2D eigenvalue weighted by Crippen LogP contribution is 2.32. The van der Waals surface area contributed by atoms with Crippen LogP contribution >= 0.6 is 23.2 Å². The number of likely N-dealkylation sites (N-methyl/N-ethyl adjacent to an activating group) is 1. The molecule has 0 unspecified atom stereocenters. The molecule has 0 aliphatic heterocycles. The molecule has 0 bridgehead atoms. The van der Waals surface area contributed by atoms with Crippen molar-refractivity contribution in [1.82, 2.24) is 4.90 Å². The highest BCUT2D eigenvalue weighted by Gasteiger charge is 2.09. The Balaban J connectivity index is 2.93. The Morgan fingerprint density at radius 2 is 1.93 bits per heavy atom. The van der Waals surface area contributed by atoms with Crippen LogP contribution < -0.4 is 4.74 Å². The summed E-state index contributed by atoms with van der Waals surface area (Å²) in [5, 5.41) is 1.22. The summed E-state index contributed by atoms with van der Waals surface area (Å²) in [6.07, 6.45) is 0.871. The fourth-order valence-electron chi connectivity index (χ4n) is 1.37. The van der Waals surface area contributed by atoms with E-state index in [2.05, 4.69) is 4.90 Å². The van der Waals surface area contributed by atoms with Crippen LogP contribution in [0.15, 0.2) is 12.1 Å². The van der Waals surface area contributed by atoms with E-state index >= 15 is 0 Å². The predicted molar refractivity (Wildman–Crippen MR) is 65.3 cm³/mol. The minimum Gasteiger partial charge on any atom is -0.495 e. The van der Waals surface area contributed by atoms with Gasteiger partial charge in [-0.3, -0.25) is 0 Å². The molecule has 0 heterocycles. The zero-order valence-corrected chi connectivity index (χ0v) is 10.7. The van der Waals surface area contributed by atoms with Crippen molar-refractivity contribution < 1.29 is 4.74 Å². The number of hydrogen-bond acceptors (Lipinski definition) is 2. The van der Waals surface area contributed by atoms with Gasteiger partial charge in [0.2, 0.25) is 0 Å². The van der Waals surface area contributed by atoms with E-state index in [0.717, 1.165) is 24.3 Å². The van der Waals surface area contributed by atoms with Gasteiger partial charge in [-0.2, -0.15) is 0 Å². The zero-order valence-electron chi connectivity index (χ0n) is 9.18. The topological polar surface area (TPSA) is 12.5 Å². The number of rotatable bonds is 4. The summed E-state index contributed by atoms with van der Waals surface area (Å²) < 4.78 is 5.25. The first kappa shape index (κ1) is 12.6. The average molecular weight is 248 g/mol. The molecule has 0 atom stereocenters. The summed E-state index contributed by atoms with van der Waals surface area (Å²) in [5.74, 6) is 0.725. The number of ether oxygens (including phenoxy) is 1. The van der Waals surface area contributed by atoms with E-state index < -0.39 is 0 Å². The molecule has 1 aromatic rings. The first-order chi connectivity index (χ1) is 7.04. The number of hydrogen-bond donors (Lipinski definition) is 0. The van der Waals surface area contributed by atoms with Crippen molar-refractivity contribution >= 4 is 23.2 Å². The van der Waals surface area contributed by atoms with E-state index in [1.165, 1.54) is 0 Å². The van der Waals surface area contributed by atoms with Gasteiger partial charge in [-0.25, -0.2) is 0 Å². The molecule has 0 aromatic heterocycles. The maximum atomic E-state index is 6.03. The number of benzene rings is 1. The lowest BCUT2D eigenvalue weighted by Gasteiger charge is -2.13. The molecule has 15 heavy (non-hydrogen) atoms. The van der Waals surface area contributed by atoms with E-state index in [-0.39, 0.29) is 0 Å². The number of methoxy groups -OCH3 is 1. The standard InChI is InChI=1S/C11H15Cl2NO/c1-14(2)5-4-8-6-9(12)7-10(13)11(8)15-3/h6-7H,4-5H2,1-3H3. The van der Waals surface area contributed by atoms with Gasteiger partial charge in [-0.05, 0) is 38.2 Å². The third-order valence-corrected chi connectivity index (χ3v) is 2.62. The van der Waals surface area contributed by atoms with Gasteiger partial charge in [0.1, 0.15) is 5.75 Å². The highest BCUT2D eigenvalue weighted by atomic mass is 35.5. The molecule has 2 nitrogen and oxygen atoms in total. The molecule has 84 valence electrons. The Morgan fingerprint density at radius 3 is 2.47 bits per heavy atom. The largest absolute Gasteiger partial charge is 0.495 e. The number of halogens is 2. The van der Waals surface area contributed by atoms with Crippen LogP contribution in [0.3, 0.4) is 0 Å². The number of nitrogens with zero attached hydrogens (tertiary/aromatic N) is 1. The van der Waals surface area contributed by atoms with Crippen molar-refractivity contribution in [2.45, 2.75) is 6.42 Å². The second-order valence-electron chi connectivity index (χ2n) is 3.63. The quantitative estimate of drug-likeness (QED) is 0.811. The third kappa shape index (κ3) is 3.56. The fourth-order valence-corrected chi connectivity index (χ4v) is 1.98.